The van der Waals surface area contributed by atoms with E-state index < -0.39 is 6.10 Å². The molecule has 0 bridgehead atoms. The summed E-state index contributed by atoms with van der Waals surface area (Å²) in [6.45, 7) is 3.77. The van der Waals surface area contributed by atoms with E-state index >= 15 is 0 Å². The summed E-state index contributed by atoms with van der Waals surface area (Å²) in [6, 6.07) is 18.2. The van der Waals surface area contributed by atoms with Crippen LogP contribution in [0.4, 0.5) is 0 Å². The molecule has 1 N–H and O–H groups in total. The molecule has 130 valence electrons. The average Bonchev–Trinajstić information content (AvgIpc) is 3.00. The minimum absolute atomic E-state index is 0.497. The van der Waals surface area contributed by atoms with Crippen LogP contribution in [0.1, 0.15) is 28.6 Å². The molecular formula is C19H23N5O. The second-order valence-corrected chi connectivity index (χ2v) is 6.28. The molecule has 0 aliphatic carbocycles. The molecule has 1 atom stereocenters. The van der Waals surface area contributed by atoms with Crippen molar-refractivity contribution in [1.29, 1.82) is 0 Å². The van der Waals surface area contributed by atoms with Crippen LogP contribution in [0.3, 0.4) is 0 Å². The van der Waals surface area contributed by atoms with E-state index in [4.69, 9.17) is 0 Å². The molecule has 6 nitrogen and oxygen atoms in total. The van der Waals surface area contributed by atoms with Crippen molar-refractivity contribution in [2.24, 2.45) is 7.05 Å². The number of aryl methyl sites for hydroxylation is 2. The summed E-state index contributed by atoms with van der Waals surface area (Å²) in [6.07, 6.45) is -0.569. The Kier molecular flexibility index (Phi) is 5.53. The SMILES string of the molecule is Cc1cccc([C@H](O)CN(Cc2ccccc2)Cc2nnn(C)n2)c1. The Morgan fingerprint density at radius 1 is 1.08 bits per heavy atom. The highest BCUT2D eigenvalue weighted by atomic mass is 16.3. The normalized spacial score (nSPS) is 12.5. The number of hydrogen-bond donors (Lipinski definition) is 1. The van der Waals surface area contributed by atoms with Crippen molar-refractivity contribution < 1.29 is 5.11 Å². The molecule has 25 heavy (non-hydrogen) atoms. The van der Waals surface area contributed by atoms with Gasteiger partial charge >= 0.3 is 0 Å². The Morgan fingerprint density at radius 2 is 1.88 bits per heavy atom. The third-order valence-corrected chi connectivity index (χ3v) is 4.02. The first-order valence-corrected chi connectivity index (χ1v) is 8.34. The van der Waals surface area contributed by atoms with Gasteiger partial charge in [0.2, 0.25) is 0 Å². The molecule has 0 unspecified atom stereocenters. The van der Waals surface area contributed by atoms with Crippen LogP contribution in [0.15, 0.2) is 54.6 Å². The zero-order chi connectivity index (χ0) is 17.6. The molecular weight excluding hydrogens is 314 g/mol. The van der Waals surface area contributed by atoms with Gasteiger partial charge in [0.1, 0.15) is 0 Å². The highest BCUT2D eigenvalue weighted by molar-refractivity contribution is 5.24. The molecule has 0 fully saturated rings. The van der Waals surface area contributed by atoms with Crippen molar-refractivity contribution in [1.82, 2.24) is 25.1 Å². The maximum Gasteiger partial charge on any atom is 0.188 e. The summed E-state index contributed by atoms with van der Waals surface area (Å²) in [5.41, 5.74) is 3.25. The van der Waals surface area contributed by atoms with Gasteiger partial charge in [0.15, 0.2) is 5.82 Å². The van der Waals surface area contributed by atoms with Gasteiger partial charge in [0, 0.05) is 13.1 Å². The lowest BCUT2D eigenvalue weighted by Crippen LogP contribution is -2.28. The quantitative estimate of drug-likeness (QED) is 0.716. The predicted molar refractivity (Wildman–Crippen MR) is 95.5 cm³/mol. The number of hydrogen-bond acceptors (Lipinski definition) is 5. The molecule has 0 spiro atoms. The molecule has 1 aromatic heterocycles. The van der Waals surface area contributed by atoms with Gasteiger partial charge in [-0.15, -0.1) is 10.2 Å². The summed E-state index contributed by atoms with van der Waals surface area (Å²) in [5.74, 6) is 0.648. The number of tetrazole rings is 1. The Morgan fingerprint density at radius 3 is 2.56 bits per heavy atom. The van der Waals surface area contributed by atoms with Gasteiger partial charge in [-0.25, -0.2) is 0 Å². The number of benzene rings is 2. The fourth-order valence-corrected chi connectivity index (χ4v) is 2.84. The van der Waals surface area contributed by atoms with Crippen LogP contribution in [0.2, 0.25) is 0 Å². The van der Waals surface area contributed by atoms with Crippen LogP contribution in [0.25, 0.3) is 0 Å². The van der Waals surface area contributed by atoms with Gasteiger partial charge < -0.3 is 5.11 Å². The van der Waals surface area contributed by atoms with Crippen LogP contribution in [-0.2, 0) is 20.1 Å². The fourth-order valence-electron chi connectivity index (χ4n) is 2.84. The first-order valence-electron chi connectivity index (χ1n) is 8.34. The summed E-state index contributed by atoms with van der Waals surface area (Å²) in [5, 5.41) is 22.9. The van der Waals surface area contributed by atoms with Crippen molar-refractivity contribution in [3.63, 3.8) is 0 Å². The fraction of sp³-hybridized carbons (Fsp3) is 0.316. The van der Waals surface area contributed by atoms with Crippen molar-refractivity contribution >= 4 is 0 Å². The minimum atomic E-state index is -0.569. The molecule has 0 aliphatic heterocycles. The van der Waals surface area contributed by atoms with E-state index in [1.807, 2.05) is 49.4 Å². The molecule has 1 heterocycles. The molecule has 0 saturated carbocycles. The number of aliphatic hydroxyl groups excluding tert-OH is 1. The van der Waals surface area contributed by atoms with E-state index in [1.165, 1.54) is 10.4 Å². The van der Waals surface area contributed by atoms with E-state index in [1.54, 1.807) is 7.05 Å². The second kappa shape index (κ2) is 8.00. The van der Waals surface area contributed by atoms with Gasteiger partial charge in [0.05, 0.1) is 19.7 Å². The minimum Gasteiger partial charge on any atom is -0.387 e. The van der Waals surface area contributed by atoms with Gasteiger partial charge in [-0.3, -0.25) is 4.90 Å². The predicted octanol–water partition coefficient (Wildman–Crippen LogP) is 2.25. The van der Waals surface area contributed by atoms with Gasteiger partial charge in [-0.1, -0.05) is 60.2 Å². The van der Waals surface area contributed by atoms with E-state index in [9.17, 15) is 5.11 Å². The summed E-state index contributed by atoms with van der Waals surface area (Å²) < 4.78 is 0. The third kappa shape index (κ3) is 4.95. The van der Waals surface area contributed by atoms with E-state index in [0.717, 1.165) is 11.1 Å². The molecule has 0 saturated heterocycles. The Bertz CT molecular complexity index is 802. The maximum atomic E-state index is 10.7. The van der Waals surface area contributed by atoms with Crippen molar-refractivity contribution in [2.45, 2.75) is 26.1 Å². The molecule has 3 aromatic rings. The van der Waals surface area contributed by atoms with Crippen LogP contribution >= 0.6 is 0 Å². The largest absolute Gasteiger partial charge is 0.387 e. The molecule has 0 aliphatic rings. The van der Waals surface area contributed by atoms with Gasteiger partial charge in [0.25, 0.3) is 0 Å². The molecule has 0 amide bonds. The summed E-state index contributed by atoms with van der Waals surface area (Å²) in [4.78, 5) is 3.59. The van der Waals surface area contributed by atoms with Crippen LogP contribution in [-0.4, -0.2) is 36.8 Å². The van der Waals surface area contributed by atoms with E-state index in [-0.39, 0.29) is 0 Å². The highest BCUT2D eigenvalue weighted by Gasteiger charge is 2.16. The maximum absolute atomic E-state index is 10.7. The van der Waals surface area contributed by atoms with E-state index in [0.29, 0.717) is 25.5 Å². The average molecular weight is 337 g/mol. The third-order valence-electron chi connectivity index (χ3n) is 4.02. The Labute approximate surface area is 147 Å². The lowest BCUT2D eigenvalue weighted by molar-refractivity contribution is 0.103. The number of nitrogens with zero attached hydrogens (tertiary/aromatic N) is 5. The zero-order valence-electron chi connectivity index (χ0n) is 14.6. The summed E-state index contributed by atoms with van der Waals surface area (Å²) >= 11 is 0. The van der Waals surface area contributed by atoms with Crippen LogP contribution in [0, 0.1) is 6.92 Å². The number of rotatable bonds is 7. The van der Waals surface area contributed by atoms with Gasteiger partial charge in [-0.05, 0) is 23.3 Å². The monoisotopic (exact) mass is 337 g/mol. The second-order valence-electron chi connectivity index (χ2n) is 6.28. The van der Waals surface area contributed by atoms with Crippen molar-refractivity contribution in [3.05, 3.63) is 77.1 Å². The zero-order valence-corrected chi connectivity index (χ0v) is 14.6. The lowest BCUT2D eigenvalue weighted by atomic mass is 10.1. The summed E-state index contributed by atoms with van der Waals surface area (Å²) in [7, 11) is 1.75. The first kappa shape index (κ1) is 17.3. The van der Waals surface area contributed by atoms with Gasteiger partial charge in [-0.2, -0.15) is 4.80 Å². The highest BCUT2D eigenvalue weighted by Crippen LogP contribution is 2.18. The Balaban J connectivity index is 1.75. The smallest absolute Gasteiger partial charge is 0.188 e. The first-order chi connectivity index (χ1) is 12.1. The van der Waals surface area contributed by atoms with Crippen molar-refractivity contribution in [2.75, 3.05) is 6.54 Å². The Hall–Kier alpha value is -2.57. The molecule has 6 heteroatoms. The van der Waals surface area contributed by atoms with Crippen LogP contribution < -0.4 is 0 Å². The lowest BCUT2D eigenvalue weighted by Gasteiger charge is -2.24. The van der Waals surface area contributed by atoms with E-state index in [2.05, 4.69) is 32.4 Å². The topological polar surface area (TPSA) is 67.1 Å². The molecule has 2 aromatic carbocycles. The number of aromatic nitrogens is 4. The molecule has 3 rings (SSSR count). The van der Waals surface area contributed by atoms with Crippen LogP contribution in [0.5, 0.6) is 0 Å². The standard InChI is InChI=1S/C19H23N5O/c1-15-7-6-10-17(11-15)18(25)13-24(12-16-8-4-3-5-9-16)14-19-20-22-23(2)21-19/h3-11,18,25H,12-14H2,1-2H3/t18-/m1/s1. The molecule has 0 radical (unpaired) electrons. The number of aliphatic hydroxyl groups is 1. The van der Waals surface area contributed by atoms with Crippen molar-refractivity contribution in [3.8, 4) is 0 Å².